The summed E-state index contributed by atoms with van der Waals surface area (Å²) in [5, 5.41) is 16.3. The fraction of sp³-hybridized carbons (Fsp3) is 0.290. The molecule has 0 spiro atoms. The summed E-state index contributed by atoms with van der Waals surface area (Å²) in [4.78, 5) is 20.0. The van der Waals surface area contributed by atoms with Gasteiger partial charge in [0.05, 0.1) is 17.7 Å². The van der Waals surface area contributed by atoms with E-state index in [9.17, 15) is 9.90 Å². The van der Waals surface area contributed by atoms with Crippen LogP contribution in [0.2, 0.25) is 0 Å². The van der Waals surface area contributed by atoms with Gasteiger partial charge in [0.1, 0.15) is 0 Å². The second-order valence-electron chi connectivity index (χ2n) is 9.89. The molecule has 0 aliphatic carbocycles. The molecule has 36 heavy (non-hydrogen) atoms. The minimum atomic E-state index is -0.757. The third-order valence-corrected chi connectivity index (χ3v) is 7.20. The molecule has 1 aromatic heterocycles. The number of nitrogens with zero attached hydrogens (tertiary/aromatic N) is 2. The zero-order valence-corrected chi connectivity index (χ0v) is 20.9. The highest BCUT2D eigenvalue weighted by molar-refractivity contribution is 5.95. The van der Waals surface area contributed by atoms with Crippen molar-refractivity contribution in [1.82, 2.24) is 15.2 Å². The highest BCUT2D eigenvalue weighted by atomic mass is 16.3. The molecule has 0 saturated carbocycles. The molecular formula is C31H33N3O2. The molecule has 4 aromatic rings. The van der Waals surface area contributed by atoms with Crippen molar-refractivity contribution in [2.24, 2.45) is 0 Å². The smallest absolute Gasteiger partial charge is 0.254 e. The standard InChI is InChI=1S/C31H33N3O2/c1-21-16-22(2)18-25(17-21)31(36)34-15-13-26(19-29(34)30(35)23-8-4-3-5-9-23)33-20-24-12-14-32-28-11-7-6-10-27(24)28/h3-12,14,16-18,26,29-30,33,35H,13,15,19-20H2,1-2H3/t26-,29+,30+/m0/s1. The van der Waals surface area contributed by atoms with Crippen LogP contribution in [0.5, 0.6) is 0 Å². The number of aromatic nitrogens is 1. The molecular weight excluding hydrogens is 446 g/mol. The molecule has 5 rings (SSSR count). The second-order valence-corrected chi connectivity index (χ2v) is 9.89. The van der Waals surface area contributed by atoms with Crippen LogP contribution in [-0.2, 0) is 6.54 Å². The van der Waals surface area contributed by atoms with Crippen molar-refractivity contribution in [2.75, 3.05) is 6.54 Å². The number of amides is 1. The number of likely N-dealkylation sites (tertiary alicyclic amines) is 1. The van der Waals surface area contributed by atoms with E-state index in [4.69, 9.17) is 0 Å². The van der Waals surface area contributed by atoms with Crippen molar-refractivity contribution in [3.05, 3.63) is 113 Å². The van der Waals surface area contributed by atoms with E-state index in [0.717, 1.165) is 34.0 Å². The normalized spacial score (nSPS) is 18.8. The predicted molar refractivity (Wildman–Crippen MR) is 144 cm³/mol. The van der Waals surface area contributed by atoms with Crippen molar-refractivity contribution >= 4 is 16.8 Å². The number of aliphatic hydroxyl groups excluding tert-OH is 1. The average molecular weight is 480 g/mol. The number of piperidine rings is 1. The lowest BCUT2D eigenvalue weighted by Gasteiger charge is -2.42. The number of aliphatic hydroxyl groups is 1. The van der Waals surface area contributed by atoms with Crippen LogP contribution in [0.25, 0.3) is 10.9 Å². The summed E-state index contributed by atoms with van der Waals surface area (Å²) in [6, 6.07) is 25.7. The lowest BCUT2D eigenvalue weighted by atomic mass is 9.89. The monoisotopic (exact) mass is 479 g/mol. The third kappa shape index (κ3) is 5.18. The van der Waals surface area contributed by atoms with Crippen LogP contribution in [0, 0.1) is 13.8 Å². The van der Waals surface area contributed by atoms with Crippen LogP contribution in [0.4, 0.5) is 0 Å². The lowest BCUT2D eigenvalue weighted by Crippen LogP contribution is -2.53. The highest BCUT2D eigenvalue weighted by Crippen LogP contribution is 2.31. The summed E-state index contributed by atoms with van der Waals surface area (Å²) in [6.45, 7) is 5.33. The Morgan fingerprint density at radius 1 is 1.03 bits per heavy atom. The van der Waals surface area contributed by atoms with Gasteiger partial charge in [-0.15, -0.1) is 0 Å². The molecule has 1 aliphatic rings. The maximum absolute atomic E-state index is 13.7. The number of carbonyl (C=O) groups is 1. The minimum absolute atomic E-state index is 0.0136. The van der Waals surface area contributed by atoms with Crippen molar-refractivity contribution in [1.29, 1.82) is 0 Å². The predicted octanol–water partition coefficient (Wildman–Crippen LogP) is 5.35. The SMILES string of the molecule is Cc1cc(C)cc(C(=O)N2CC[C@H](NCc3ccnc4ccccc34)C[C@@H]2[C@H](O)c2ccccc2)c1. The maximum atomic E-state index is 13.7. The first-order valence-electron chi connectivity index (χ1n) is 12.7. The molecule has 1 saturated heterocycles. The Balaban J connectivity index is 1.38. The second kappa shape index (κ2) is 10.6. The number of para-hydroxylation sites is 1. The van der Waals surface area contributed by atoms with Gasteiger partial charge in [0.2, 0.25) is 0 Å². The van der Waals surface area contributed by atoms with Crippen LogP contribution < -0.4 is 5.32 Å². The molecule has 0 unspecified atom stereocenters. The third-order valence-electron chi connectivity index (χ3n) is 7.20. The molecule has 2 N–H and O–H groups in total. The van der Waals surface area contributed by atoms with Gasteiger partial charge in [-0.2, -0.15) is 0 Å². The van der Waals surface area contributed by atoms with E-state index < -0.39 is 6.10 Å². The first kappa shape index (κ1) is 24.2. The van der Waals surface area contributed by atoms with Gasteiger partial charge in [-0.1, -0.05) is 65.7 Å². The number of rotatable bonds is 6. The first-order valence-corrected chi connectivity index (χ1v) is 12.7. The quantitative estimate of drug-likeness (QED) is 0.391. The van der Waals surface area contributed by atoms with Gasteiger partial charge >= 0.3 is 0 Å². The number of nitrogens with one attached hydrogen (secondary N) is 1. The molecule has 1 fully saturated rings. The Bertz CT molecular complexity index is 1330. The first-order chi connectivity index (χ1) is 17.5. The summed E-state index contributed by atoms with van der Waals surface area (Å²) < 4.78 is 0. The molecule has 0 radical (unpaired) electrons. The van der Waals surface area contributed by atoms with E-state index in [-0.39, 0.29) is 18.0 Å². The van der Waals surface area contributed by atoms with Gasteiger partial charge in [-0.25, -0.2) is 0 Å². The highest BCUT2D eigenvalue weighted by Gasteiger charge is 2.37. The van der Waals surface area contributed by atoms with Crippen molar-refractivity contribution in [3.63, 3.8) is 0 Å². The largest absolute Gasteiger partial charge is 0.386 e. The molecule has 1 aliphatic heterocycles. The van der Waals surface area contributed by atoms with Crippen LogP contribution in [0.15, 0.2) is 85.1 Å². The van der Waals surface area contributed by atoms with Crippen LogP contribution in [0.3, 0.4) is 0 Å². The average Bonchev–Trinajstić information content (AvgIpc) is 2.91. The van der Waals surface area contributed by atoms with Gasteiger partial charge < -0.3 is 15.3 Å². The number of hydrogen-bond acceptors (Lipinski definition) is 4. The van der Waals surface area contributed by atoms with Crippen molar-refractivity contribution < 1.29 is 9.90 Å². The summed E-state index contributed by atoms with van der Waals surface area (Å²) in [5.41, 5.74) is 5.85. The number of aryl methyl sites for hydroxylation is 2. The maximum Gasteiger partial charge on any atom is 0.254 e. The zero-order chi connectivity index (χ0) is 25.1. The van der Waals surface area contributed by atoms with Crippen LogP contribution >= 0.6 is 0 Å². The van der Waals surface area contributed by atoms with Crippen LogP contribution in [-0.4, -0.2) is 39.5 Å². The Labute approximate surface area is 212 Å². The van der Waals surface area contributed by atoms with E-state index in [1.165, 1.54) is 5.56 Å². The van der Waals surface area contributed by atoms with E-state index in [1.807, 2.05) is 85.6 Å². The van der Waals surface area contributed by atoms with Gasteiger partial charge in [0.15, 0.2) is 0 Å². The molecule has 1 amide bonds. The topological polar surface area (TPSA) is 65.5 Å². The van der Waals surface area contributed by atoms with Crippen molar-refractivity contribution in [2.45, 2.75) is 51.4 Å². The lowest BCUT2D eigenvalue weighted by molar-refractivity contribution is 0.0144. The molecule has 3 atom stereocenters. The Morgan fingerprint density at radius 2 is 1.75 bits per heavy atom. The van der Waals surface area contributed by atoms with E-state index in [1.54, 1.807) is 0 Å². The minimum Gasteiger partial charge on any atom is -0.386 e. The summed E-state index contributed by atoms with van der Waals surface area (Å²) in [7, 11) is 0. The van der Waals surface area contributed by atoms with Gasteiger partial charge in [-0.3, -0.25) is 9.78 Å². The van der Waals surface area contributed by atoms with Gasteiger partial charge in [-0.05, 0) is 62.1 Å². The van der Waals surface area contributed by atoms with Crippen LogP contribution in [0.1, 0.15) is 51.6 Å². The molecule has 3 aromatic carbocycles. The summed E-state index contributed by atoms with van der Waals surface area (Å²) in [5.74, 6) is -0.0136. The number of carbonyl (C=O) groups excluding carboxylic acids is 1. The molecule has 184 valence electrons. The fourth-order valence-electron chi connectivity index (χ4n) is 5.43. The number of hydrogen-bond donors (Lipinski definition) is 2. The molecule has 2 heterocycles. The van der Waals surface area contributed by atoms with E-state index in [0.29, 0.717) is 25.1 Å². The number of fused-ring (bicyclic) bond motifs is 1. The fourth-order valence-corrected chi connectivity index (χ4v) is 5.43. The van der Waals surface area contributed by atoms with E-state index >= 15 is 0 Å². The number of pyridine rings is 1. The molecule has 5 heteroatoms. The van der Waals surface area contributed by atoms with Gasteiger partial charge in [0.25, 0.3) is 5.91 Å². The molecule has 0 bridgehead atoms. The number of benzene rings is 3. The van der Waals surface area contributed by atoms with E-state index in [2.05, 4.69) is 28.5 Å². The summed E-state index contributed by atoms with van der Waals surface area (Å²) in [6.07, 6.45) is 2.60. The Hall–Kier alpha value is -3.54. The van der Waals surface area contributed by atoms with Gasteiger partial charge in [0, 0.05) is 36.3 Å². The summed E-state index contributed by atoms with van der Waals surface area (Å²) >= 11 is 0. The zero-order valence-electron chi connectivity index (χ0n) is 20.9. The Kier molecular flexibility index (Phi) is 7.12. The Morgan fingerprint density at radius 3 is 2.53 bits per heavy atom. The van der Waals surface area contributed by atoms with Crippen molar-refractivity contribution in [3.8, 4) is 0 Å². The molecule has 5 nitrogen and oxygen atoms in total.